The number of sulfonamides is 1. The SMILES string of the molecule is CCCC(C)C(=O)Nc1c(Cl)cc(S(N)(=O)=O)cc1Cl. The highest BCUT2D eigenvalue weighted by molar-refractivity contribution is 7.89. The molecule has 3 N–H and O–H groups in total. The molecule has 0 aliphatic rings. The van der Waals surface area contributed by atoms with E-state index in [-0.39, 0.29) is 32.5 Å². The molecule has 1 unspecified atom stereocenters. The van der Waals surface area contributed by atoms with E-state index in [2.05, 4.69) is 5.32 Å². The minimum absolute atomic E-state index is 0.0265. The van der Waals surface area contributed by atoms with Crippen LogP contribution in [0.5, 0.6) is 0 Å². The molecule has 0 heterocycles. The Hall–Kier alpha value is -0.820. The number of primary sulfonamides is 1. The van der Waals surface area contributed by atoms with Crippen LogP contribution in [0, 0.1) is 5.92 Å². The molecule has 0 aliphatic carbocycles. The Balaban J connectivity index is 3.07. The summed E-state index contributed by atoms with van der Waals surface area (Å²) in [6, 6.07) is 2.31. The predicted molar refractivity (Wildman–Crippen MR) is 80.5 cm³/mol. The molecule has 112 valence electrons. The number of rotatable bonds is 5. The molecule has 0 aromatic heterocycles. The van der Waals surface area contributed by atoms with Crippen LogP contribution < -0.4 is 10.5 Å². The largest absolute Gasteiger partial charge is 0.323 e. The van der Waals surface area contributed by atoms with Crippen LogP contribution in [0.25, 0.3) is 0 Å². The number of nitrogens with one attached hydrogen (secondary N) is 1. The molecule has 0 saturated carbocycles. The van der Waals surface area contributed by atoms with Crippen LogP contribution in [0.15, 0.2) is 17.0 Å². The zero-order valence-corrected chi connectivity index (χ0v) is 13.4. The summed E-state index contributed by atoms with van der Waals surface area (Å²) in [7, 11) is -3.90. The average Bonchev–Trinajstić information content (AvgIpc) is 2.32. The molecule has 1 atom stereocenters. The lowest BCUT2D eigenvalue weighted by molar-refractivity contribution is -0.119. The first-order valence-corrected chi connectivity index (χ1v) is 8.29. The molecule has 1 rings (SSSR count). The first kappa shape index (κ1) is 17.2. The van der Waals surface area contributed by atoms with Gasteiger partial charge < -0.3 is 5.32 Å². The van der Waals surface area contributed by atoms with Crippen LogP contribution in [0.2, 0.25) is 10.0 Å². The maximum absolute atomic E-state index is 11.9. The van der Waals surface area contributed by atoms with E-state index in [0.29, 0.717) is 0 Å². The van der Waals surface area contributed by atoms with Gasteiger partial charge >= 0.3 is 0 Å². The lowest BCUT2D eigenvalue weighted by Gasteiger charge is -2.14. The molecule has 8 heteroatoms. The van der Waals surface area contributed by atoms with Crippen molar-refractivity contribution < 1.29 is 13.2 Å². The lowest BCUT2D eigenvalue weighted by atomic mass is 10.1. The van der Waals surface area contributed by atoms with Crippen LogP contribution in [-0.2, 0) is 14.8 Å². The summed E-state index contributed by atoms with van der Waals surface area (Å²) in [6.45, 7) is 3.77. The van der Waals surface area contributed by atoms with Crippen molar-refractivity contribution in [2.75, 3.05) is 5.32 Å². The molecular weight excluding hydrogens is 323 g/mol. The zero-order valence-electron chi connectivity index (χ0n) is 11.1. The van der Waals surface area contributed by atoms with Gasteiger partial charge in [0.1, 0.15) is 0 Å². The smallest absolute Gasteiger partial charge is 0.238 e. The normalized spacial score (nSPS) is 13.1. The van der Waals surface area contributed by atoms with E-state index in [1.807, 2.05) is 6.92 Å². The van der Waals surface area contributed by atoms with Gasteiger partial charge in [-0.15, -0.1) is 0 Å². The Morgan fingerprint density at radius 2 is 1.85 bits per heavy atom. The minimum atomic E-state index is -3.90. The second-order valence-corrected chi connectivity index (χ2v) is 6.86. The van der Waals surface area contributed by atoms with E-state index in [1.165, 1.54) is 0 Å². The van der Waals surface area contributed by atoms with Gasteiger partial charge in [0.05, 0.1) is 20.6 Å². The Kier molecular flexibility index (Phi) is 5.82. The molecule has 0 spiro atoms. The van der Waals surface area contributed by atoms with Crippen molar-refractivity contribution >= 4 is 44.8 Å². The highest BCUT2D eigenvalue weighted by Crippen LogP contribution is 2.33. The monoisotopic (exact) mass is 338 g/mol. The summed E-state index contributed by atoms with van der Waals surface area (Å²) in [6.07, 6.45) is 1.61. The molecule has 20 heavy (non-hydrogen) atoms. The van der Waals surface area contributed by atoms with Crippen molar-refractivity contribution in [2.24, 2.45) is 11.1 Å². The summed E-state index contributed by atoms with van der Waals surface area (Å²) in [5.41, 5.74) is 0.189. The quantitative estimate of drug-likeness (QED) is 0.864. The number of amides is 1. The first-order valence-electron chi connectivity index (χ1n) is 5.99. The van der Waals surface area contributed by atoms with Crippen LogP contribution in [0.1, 0.15) is 26.7 Å². The number of hydrogen-bond donors (Lipinski definition) is 2. The Bertz CT molecular complexity index is 594. The van der Waals surface area contributed by atoms with E-state index < -0.39 is 10.0 Å². The van der Waals surface area contributed by atoms with Crippen LogP contribution >= 0.6 is 23.2 Å². The first-order chi connectivity index (χ1) is 9.16. The number of hydrogen-bond acceptors (Lipinski definition) is 3. The standard InChI is InChI=1S/C12H16Cl2N2O3S/c1-3-4-7(2)12(17)16-11-9(13)5-8(6-10(11)14)20(15,18)19/h5-7H,3-4H2,1-2H3,(H,16,17)(H2,15,18,19). The van der Waals surface area contributed by atoms with E-state index in [9.17, 15) is 13.2 Å². The van der Waals surface area contributed by atoms with Crippen LogP contribution in [0.3, 0.4) is 0 Å². The van der Waals surface area contributed by atoms with Crippen molar-refractivity contribution in [2.45, 2.75) is 31.6 Å². The van der Waals surface area contributed by atoms with Gasteiger partial charge in [0, 0.05) is 5.92 Å². The summed E-state index contributed by atoms with van der Waals surface area (Å²) in [4.78, 5) is 11.7. The maximum Gasteiger partial charge on any atom is 0.238 e. The van der Waals surface area contributed by atoms with Crippen molar-refractivity contribution in [1.82, 2.24) is 0 Å². The molecule has 5 nitrogen and oxygen atoms in total. The zero-order chi connectivity index (χ0) is 15.5. The third kappa shape index (κ3) is 4.34. The summed E-state index contributed by atoms with van der Waals surface area (Å²) >= 11 is 11.9. The Labute approximate surface area is 128 Å². The average molecular weight is 339 g/mol. The van der Waals surface area contributed by atoms with Gasteiger partial charge in [0.25, 0.3) is 0 Å². The van der Waals surface area contributed by atoms with Crippen molar-refractivity contribution in [1.29, 1.82) is 0 Å². The van der Waals surface area contributed by atoms with Gasteiger partial charge in [-0.05, 0) is 18.6 Å². The number of carbonyl (C=O) groups excluding carboxylic acids is 1. The highest BCUT2D eigenvalue weighted by atomic mass is 35.5. The van der Waals surface area contributed by atoms with E-state index in [4.69, 9.17) is 28.3 Å². The van der Waals surface area contributed by atoms with Crippen molar-refractivity contribution in [3.8, 4) is 0 Å². The number of benzene rings is 1. The molecule has 1 aromatic rings. The summed E-state index contributed by atoms with van der Waals surface area (Å²) < 4.78 is 22.5. The Morgan fingerprint density at radius 1 is 1.35 bits per heavy atom. The molecule has 0 fully saturated rings. The fourth-order valence-corrected chi connectivity index (χ4v) is 2.92. The Morgan fingerprint density at radius 3 is 2.25 bits per heavy atom. The summed E-state index contributed by atoms with van der Waals surface area (Å²) in [5, 5.41) is 7.66. The van der Waals surface area contributed by atoms with E-state index in [1.54, 1.807) is 6.92 Å². The number of halogens is 2. The van der Waals surface area contributed by atoms with Gasteiger partial charge in [0.15, 0.2) is 0 Å². The minimum Gasteiger partial charge on any atom is -0.323 e. The fourth-order valence-electron chi connectivity index (χ4n) is 1.64. The molecule has 1 aromatic carbocycles. The van der Waals surface area contributed by atoms with Gasteiger partial charge in [0.2, 0.25) is 15.9 Å². The van der Waals surface area contributed by atoms with Gasteiger partial charge in [-0.3, -0.25) is 4.79 Å². The van der Waals surface area contributed by atoms with Gasteiger partial charge in [-0.1, -0.05) is 43.5 Å². The van der Waals surface area contributed by atoms with E-state index >= 15 is 0 Å². The molecule has 1 amide bonds. The van der Waals surface area contributed by atoms with E-state index in [0.717, 1.165) is 25.0 Å². The second kappa shape index (κ2) is 6.76. The molecule has 0 saturated heterocycles. The predicted octanol–water partition coefficient (Wildman–Crippen LogP) is 3.02. The molecule has 0 bridgehead atoms. The molecule has 0 radical (unpaired) electrons. The molecule has 0 aliphatic heterocycles. The maximum atomic E-state index is 11.9. The molecular formula is C12H16Cl2N2O3S. The fraction of sp³-hybridized carbons (Fsp3) is 0.417. The van der Waals surface area contributed by atoms with Gasteiger partial charge in [-0.2, -0.15) is 0 Å². The lowest BCUT2D eigenvalue weighted by Crippen LogP contribution is -2.21. The highest BCUT2D eigenvalue weighted by Gasteiger charge is 2.18. The number of anilines is 1. The van der Waals surface area contributed by atoms with Crippen LogP contribution in [-0.4, -0.2) is 14.3 Å². The van der Waals surface area contributed by atoms with Gasteiger partial charge in [-0.25, -0.2) is 13.6 Å². The van der Waals surface area contributed by atoms with Crippen LogP contribution in [0.4, 0.5) is 5.69 Å². The third-order valence-electron chi connectivity index (χ3n) is 2.76. The van der Waals surface area contributed by atoms with Crippen molar-refractivity contribution in [3.63, 3.8) is 0 Å². The number of carbonyl (C=O) groups is 1. The third-order valence-corrected chi connectivity index (χ3v) is 4.25. The summed E-state index contributed by atoms with van der Waals surface area (Å²) in [5.74, 6) is -0.413. The topological polar surface area (TPSA) is 89.3 Å². The second-order valence-electron chi connectivity index (χ2n) is 4.49. The number of nitrogens with two attached hydrogens (primary N) is 1. The van der Waals surface area contributed by atoms with Crippen molar-refractivity contribution in [3.05, 3.63) is 22.2 Å².